The molecule has 0 fully saturated rings. The normalized spacial score (nSPS) is 13.1. The van der Waals surface area contributed by atoms with Gasteiger partial charge in [0.2, 0.25) is 0 Å². The molecule has 0 unspecified atom stereocenters. The van der Waals surface area contributed by atoms with Crippen molar-refractivity contribution in [1.29, 1.82) is 0 Å². The van der Waals surface area contributed by atoms with Gasteiger partial charge in [-0.05, 0) is 50.4 Å². The van der Waals surface area contributed by atoms with E-state index in [-0.39, 0.29) is 21.1 Å². The van der Waals surface area contributed by atoms with Crippen LogP contribution in [0.1, 0.15) is 0 Å². The molecule has 4 aromatic heterocycles. The quantitative estimate of drug-likeness (QED) is 0.0979. The van der Waals surface area contributed by atoms with Gasteiger partial charge in [0.15, 0.2) is 8.07 Å². The zero-order chi connectivity index (χ0) is 37.5. The van der Waals surface area contributed by atoms with Crippen molar-refractivity contribution in [3.63, 3.8) is 0 Å². The van der Waals surface area contributed by atoms with Crippen LogP contribution >= 0.6 is 0 Å². The Labute approximate surface area is 348 Å². The third kappa shape index (κ3) is 4.94. The number of anilines is 3. The average Bonchev–Trinajstić information content (AvgIpc) is 3.93. The molecule has 8 heteroatoms. The van der Waals surface area contributed by atoms with Gasteiger partial charge in [-0.2, -0.15) is 6.07 Å². The Morgan fingerprint density at radius 3 is 2.12 bits per heavy atom. The van der Waals surface area contributed by atoms with Gasteiger partial charge in [0.05, 0.1) is 16.7 Å². The number of benzene rings is 7. The van der Waals surface area contributed by atoms with E-state index in [9.17, 15) is 0 Å². The van der Waals surface area contributed by atoms with E-state index in [1.807, 2.05) is 48.9 Å². The zero-order valence-electron chi connectivity index (χ0n) is 30.7. The molecule has 0 atom stereocenters. The van der Waals surface area contributed by atoms with Crippen LogP contribution in [0, 0.1) is 12.1 Å². The number of rotatable bonds is 5. The standard InChI is InChI=1S/C50H30N4O2Si.Pt/c1-3-15-36(16-4-1)57(37-17-5-2-6-18-37)45-27-26-44-47(40-20-8-10-22-43(40)56-44)48(45)54(50-46(57)23-12-28-51-50)33-13-11-14-34(31-33)55-35-24-25-38-39-19-7-9-21-42(39)53-30-29-52-49(53)41(38)32-35;/h1-30H;/q-2;+2. The van der Waals surface area contributed by atoms with Gasteiger partial charge in [-0.25, -0.2) is 4.98 Å². The SMILES string of the molecule is [Pt+2].[c-]1c(Oc2[c-]c3c(cc2)c2ccccc2n2ccnc32)cccc1N1c2ncccc2[Si](c2ccccc2)(c2ccccc2)c2ccc3oc4ccccc4c3c21. The Kier molecular flexibility index (Phi) is 7.97. The van der Waals surface area contributed by atoms with Crippen LogP contribution in [0.3, 0.4) is 0 Å². The summed E-state index contributed by atoms with van der Waals surface area (Å²) >= 11 is 0. The fourth-order valence-electron chi connectivity index (χ4n) is 9.13. The minimum absolute atomic E-state index is 0. The third-order valence-electron chi connectivity index (χ3n) is 11.4. The molecule has 1 aliphatic rings. The number of pyridine rings is 2. The Balaban J connectivity index is 0.00000385. The predicted molar refractivity (Wildman–Crippen MR) is 231 cm³/mol. The van der Waals surface area contributed by atoms with Crippen LogP contribution in [0.5, 0.6) is 11.5 Å². The smallest absolute Gasteiger partial charge is 0.503 e. The summed E-state index contributed by atoms with van der Waals surface area (Å²) in [5.74, 6) is 2.00. The number of aromatic nitrogens is 3. The van der Waals surface area contributed by atoms with Gasteiger partial charge < -0.3 is 18.5 Å². The molecule has 0 amide bonds. The third-order valence-corrected chi connectivity index (χ3v) is 16.2. The summed E-state index contributed by atoms with van der Waals surface area (Å²) in [7, 11) is -2.97. The molecule has 11 aromatic rings. The summed E-state index contributed by atoms with van der Waals surface area (Å²) in [5.41, 5.74) is 5.44. The van der Waals surface area contributed by atoms with Crippen LogP contribution in [0.15, 0.2) is 187 Å². The molecule has 12 rings (SSSR count). The molecule has 276 valence electrons. The van der Waals surface area contributed by atoms with Crippen molar-refractivity contribution in [2.75, 3.05) is 4.90 Å². The van der Waals surface area contributed by atoms with Crippen molar-refractivity contribution in [2.45, 2.75) is 0 Å². The minimum Gasteiger partial charge on any atom is -0.503 e. The second kappa shape index (κ2) is 13.4. The molecule has 58 heavy (non-hydrogen) atoms. The Hall–Kier alpha value is -6.79. The Morgan fingerprint density at radius 2 is 1.29 bits per heavy atom. The predicted octanol–water partition coefficient (Wildman–Crippen LogP) is 9.49. The van der Waals surface area contributed by atoms with Gasteiger partial charge in [-0.15, -0.1) is 30.3 Å². The van der Waals surface area contributed by atoms with Crippen molar-refractivity contribution in [3.05, 3.63) is 195 Å². The van der Waals surface area contributed by atoms with E-state index >= 15 is 0 Å². The summed E-state index contributed by atoms with van der Waals surface area (Å²) in [4.78, 5) is 12.2. The fourth-order valence-corrected chi connectivity index (χ4v) is 14.2. The van der Waals surface area contributed by atoms with Gasteiger partial charge in [-0.3, -0.25) is 4.98 Å². The topological polar surface area (TPSA) is 55.8 Å². The van der Waals surface area contributed by atoms with E-state index in [1.165, 1.54) is 20.7 Å². The maximum absolute atomic E-state index is 6.65. The Morgan fingerprint density at radius 1 is 0.552 bits per heavy atom. The van der Waals surface area contributed by atoms with Crippen molar-refractivity contribution < 1.29 is 30.2 Å². The second-order valence-electron chi connectivity index (χ2n) is 14.4. The van der Waals surface area contributed by atoms with Crippen molar-refractivity contribution in [2.24, 2.45) is 0 Å². The van der Waals surface area contributed by atoms with E-state index in [4.69, 9.17) is 19.1 Å². The summed E-state index contributed by atoms with van der Waals surface area (Å²) in [6.07, 6.45) is 5.71. The van der Waals surface area contributed by atoms with Crippen LogP contribution < -0.4 is 30.4 Å². The largest absolute Gasteiger partial charge is 2.00 e. The minimum atomic E-state index is -2.97. The number of furan rings is 1. The maximum atomic E-state index is 6.65. The summed E-state index contributed by atoms with van der Waals surface area (Å²) in [6.45, 7) is 0. The van der Waals surface area contributed by atoms with Gasteiger partial charge >= 0.3 is 21.1 Å². The molecule has 0 radical (unpaired) electrons. The summed E-state index contributed by atoms with van der Waals surface area (Å²) < 4.78 is 15.3. The first kappa shape index (κ1) is 34.5. The molecule has 5 heterocycles. The molecular weight excluding hydrogens is 912 g/mol. The summed E-state index contributed by atoms with van der Waals surface area (Å²) in [5, 5.41) is 10.2. The second-order valence-corrected chi connectivity index (χ2v) is 18.1. The van der Waals surface area contributed by atoms with Crippen LogP contribution in [0.2, 0.25) is 0 Å². The molecular formula is C50H30N4O2PtSi. The molecule has 6 nitrogen and oxygen atoms in total. The molecule has 0 bridgehead atoms. The fraction of sp³-hybridized carbons (Fsp3) is 0. The Bertz CT molecular complexity index is 3330. The molecule has 0 spiro atoms. The van der Waals surface area contributed by atoms with Crippen LogP contribution in [-0.4, -0.2) is 22.4 Å². The van der Waals surface area contributed by atoms with Gasteiger partial charge in [0.1, 0.15) is 17.0 Å². The maximum Gasteiger partial charge on any atom is 2.00 e. The van der Waals surface area contributed by atoms with Crippen LogP contribution in [0.4, 0.5) is 17.2 Å². The average molecular weight is 942 g/mol. The molecule has 0 saturated heterocycles. The van der Waals surface area contributed by atoms with Crippen LogP contribution in [0.25, 0.3) is 49.3 Å². The number of hydrogen-bond acceptors (Lipinski definition) is 5. The molecule has 0 aliphatic carbocycles. The first-order valence-corrected chi connectivity index (χ1v) is 21.0. The van der Waals surface area contributed by atoms with Crippen LogP contribution in [-0.2, 0) is 21.1 Å². The van der Waals surface area contributed by atoms with Gasteiger partial charge in [0.25, 0.3) is 0 Å². The zero-order valence-corrected chi connectivity index (χ0v) is 34.0. The van der Waals surface area contributed by atoms with Gasteiger partial charge in [-0.1, -0.05) is 132 Å². The van der Waals surface area contributed by atoms with E-state index < -0.39 is 8.07 Å². The number of fused-ring (bicyclic) bond motifs is 12. The summed E-state index contributed by atoms with van der Waals surface area (Å²) in [6, 6.07) is 64.7. The molecule has 0 N–H and O–H groups in total. The number of hydrogen-bond donors (Lipinski definition) is 0. The van der Waals surface area contributed by atoms with Crippen molar-refractivity contribution in [1.82, 2.24) is 14.4 Å². The number of imidazole rings is 1. The van der Waals surface area contributed by atoms with Gasteiger partial charge in [0, 0.05) is 41.0 Å². The first-order chi connectivity index (χ1) is 28.3. The number of para-hydroxylation sites is 2. The monoisotopic (exact) mass is 941 g/mol. The number of ether oxygens (including phenoxy) is 1. The van der Waals surface area contributed by atoms with E-state index in [0.717, 1.165) is 66.5 Å². The van der Waals surface area contributed by atoms with E-state index in [2.05, 4.69) is 155 Å². The van der Waals surface area contributed by atoms with E-state index in [0.29, 0.717) is 11.5 Å². The molecule has 1 aliphatic heterocycles. The van der Waals surface area contributed by atoms with E-state index in [1.54, 1.807) is 0 Å². The number of nitrogens with zero attached hydrogens (tertiary/aromatic N) is 4. The molecule has 7 aromatic carbocycles. The van der Waals surface area contributed by atoms with Crippen molar-refractivity contribution >= 4 is 95.3 Å². The first-order valence-electron chi connectivity index (χ1n) is 19.0. The van der Waals surface area contributed by atoms with Crippen molar-refractivity contribution in [3.8, 4) is 11.5 Å². The molecule has 0 saturated carbocycles.